The van der Waals surface area contributed by atoms with E-state index < -0.39 is 24.3 Å². The molecule has 0 aliphatic rings. The van der Waals surface area contributed by atoms with Crippen LogP contribution in [0.4, 0.5) is 36.8 Å². The number of carbonyl (C=O) groups is 3. The number of nitrogens with zero attached hydrogens (tertiary/aromatic N) is 2. The van der Waals surface area contributed by atoms with Crippen molar-refractivity contribution in [1.29, 1.82) is 0 Å². The number of nitrogens with one attached hydrogen (secondary N) is 2. The summed E-state index contributed by atoms with van der Waals surface area (Å²) in [5.74, 6) is -4.34. The number of amides is 2. The number of ether oxygens (including phenoxy) is 2. The van der Waals surface area contributed by atoms with Crippen LogP contribution >= 0.6 is 0 Å². The van der Waals surface area contributed by atoms with E-state index in [4.69, 9.17) is 40.1 Å². The number of nitrogens with two attached hydrogens (primary N) is 1. The van der Waals surface area contributed by atoms with Gasteiger partial charge in [-0.1, -0.05) is 18.2 Å². The summed E-state index contributed by atoms with van der Waals surface area (Å²) < 4.78 is 74.4. The predicted molar refractivity (Wildman–Crippen MR) is 145 cm³/mol. The minimum atomic E-state index is -5.08. The van der Waals surface area contributed by atoms with E-state index in [0.29, 0.717) is 31.1 Å². The van der Waals surface area contributed by atoms with E-state index in [1.165, 1.54) is 0 Å². The Labute approximate surface area is 251 Å². The number of anilines is 1. The molecule has 0 spiro atoms. The molecule has 19 heteroatoms. The number of aliphatic carboxylic acids is 2. The van der Waals surface area contributed by atoms with Crippen molar-refractivity contribution in [3.63, 3.8) is 0 Å². The molecule has 45 heavy (non-hydrogen) atoms. The maximum absolute atomic E-state index is 13.0. The smallest absolute Gasteiger partial charge is 0.490 e. The first-order valence-corrected chi connectivity index (χ1v) is 12.4. The van der Waals surface area contributed by atoms with Gasteiger partial charge >= 0.3 is 30.3 Å². The van der Waals surface area contributed by atoms with E-state index in [0.717, 1.165) is 22.4 Å². The Balaban J connectivity index is 0.000000601. The Morgan fingerprint density at radius 1 is 1.00 bits per heavy atom. The molecule has 0 saturated heterocycles. The minimum Gasteiger partial charge on any atom is -0.497 e. The lowest BCUT2D eigenvalue weighted by Gasteiger charge is -2.23. The first-order chi connectivity index (χ1) is 21.0. The molecule has 1 aromatic heterocycles. The van der Waals surface area contributed by atoms with Crippen LogP contribution in [-0.4, -0.2) is 94.2 Å². The highest BCUT2D eigenvalue weighted by atomic mass is 19.4. The average Bonchev–Trinajstić information content (AvgIpc) is 3.51. The van der Waals surface area contributed by atoms with Gasteiger partial charge in [0.1, 0.15) is 18.1 Å². The Morgan fingerprint density at radius 2 is 1.62 bits per heavy atom. The Hall–Kier alpha value is -5.04. The second kappa shape index (κ2) is 17.9. The van der Waals surface area contributed by atoms with Crippen molar-refractivity contribution in [3.8, 4) is 22.6 Å². The molecular formula is C26H29F6N5O8. The van der Waals surface area contributed by atoms with Crippen molar-refractivity contribution in [2.45, 2.75) is 18.9 Å². The highest BCUT2D eigenvalue weighted by Crippen LogP contribution is 2.31. The monoisotopic (exact) mass is 653 g/mol. The van der Waals surface area contributed by atoms with Gasteiger partial charge in [0.05, 0.1) is 25.6 Å². The summed E-state index contributed by atoms with van der Waals surface area (Å²) in [6.45, 7) is 1.04. The van der Waals surface area contributed by atoms with Crippen molar-refractivity contribution in [3.05, 3.63) is 60.4 Å². The van der Waals surface area contributed by atoms with Gasteiger partial charge in [-0.25, -0.2) is 14.4 Å². The number of aromatic amines is 1. The molecule has 1 heterocycles. The number of hydrogen-bond acceptors (Lipinski definition) is 8. The number of aromatic nitrogens is 2. The molecule has 0 aliphatic heterocycles. The molecule has 0 unspecified atom stereocenters. The van der Waals surface area contributed by atoms with E-state index in [-0.39, 0.29) is 19.2 Å². The summed E-state index contributed by atoms with van der Waals surface area (Å²) in [4.78, 5) is 32.4. The first kappa shape index (κ1) is 38.0. The summed E-state index contributed by atoms with van der Waals surface area (Å²) in [5.41, 5.74) is 8.91. The molecule has 2 amide bonds. The second-order valence-corrected chi connectivity index (χ2v) is 8.37. The highest BCUT2D eigenvalue weighted by molar-refractivity contribution is 5.91. The number of aliphatic hydroxyl groups excluding tert-OH is 1. The van der Waals surface area contributed by atoms with E-state index in [9.17, 15) is 31.1 Å². The molecular weight excluding hydrogens is 624 g/mol. The molecule has 13 nitrogen and oxygen atoms in total. The zero-order valence-electron chi connectivity index (χ0n) is 23.4. The molecule has 3 aromatic rings. The van der Waals surface area contributed by atoms with Crippen LogP contribution in [0, 0.1) is 0 Å². The molecule has 0 radical (unpaired) electrons. The molecule has 0 bridgehead atoms. The number of carboxylic acid groups (broad SMARTS) is 2. The Kier molecular flexibility index (Phi) is 15.1. The quantitative estimate of drug-likeness (QED) is 0.175. The number of rotatable bonds is 10. The number of hydrogen-bond donors (Lipinski definition) is 6. The van der Waals surface area contributed by atoms with Crippen molar-refractivity contribution < 1.29 is 65.5 Å². The molecule has 248 valence electrons. The van der Waals surface area contributed by atoms with Gasteiger partial charge in [0.15, 0.2) is 0 Å². The summed E-state index contributed by atoms with van der Waals surface area (Å²) in [7, 11) is 1.60. The second-order valence-electron chi connectivity index (χ2n) is 8.37. The number of H-pyrrole nitrogens is 1. The lowest BCUT2D eigenvalue weighted by atomic mass is 10.1. The summed E-state index contributed by atoms with van der Waals surface area (Å²) in [6.07, 6.45) is -6.71. The largest absolute Gasteiger partial charge is 0.497 e. The zero-order valence-corrected chi connectivity index (χ0v) is 23.4. The normalized spacial score (nSPS) is 10.8. The standard InChI is InChI=1S/C22H27N5O4.2C2HF3O2/c1-30-19-4-2-3-16(11-19)15-27(8-7-23)22(29)26-20-6-5-17(18-13-24-25-14-18)12-21(20)31-10-9-28;2*3-2(4,5)1(6)7/h2-6,11-14,28H,7-10,15,23H2,1H3,(H,24,25)(H,26,29);2*(H,6,7). The SMILES string of the molecule is COc1cccc(CN(CCN)C(=O)Nc2ccc(-c3cn[nH]c3)cc2OCCO)c1.O=C(O)C(F)(F)F.O=C(O)C(F)(F)F. The van der Waals surface area contributed by atoms with Crippen molar-refractivity contribution in [1.82, 2.24) is 15.1 Å². The van der Waals surface area contributed by atoms with Gasteiger partial charge < -0.3 is 40.7 Å². The number of urea groups is 1. The van der Waals surface area contributed by atoms with Crippen molar-refractivity contribution >= 4 is 23.7 Å². The fraction of sp³-hybridized carbons (Fsp3) is 0.308. The van der Waals surface area contributed by atoms with Crippen LogP contribution in [0.15, 0.2) is 54.9 Å². The van der Waals surface area contributed by atoms with E-state index in [1.807, 2.05) is 30.3 Å². The number of alkyl halides is 6. The molecule has 0 aliphatic carbocycles. The molecule has 0 atom stereocenters. The maximum Gasteiger partial charge on any atom is 0.490 e. The number of carbonyl (C=O) groups excluding carboxylic acids is 1. The highest BCUT2D eigenvalue weighted by Gasteiger charge is 2.38. The molecule has 0 saturated carbocycles. The molecule has 0 fully saturated rings. The van der Waals surface area contributed by atoms with Gasteiger partial charge in [-0.2, -0.15) is 31.4 Å². The fourth-order valence-corrected chi connectivity index (χ4v) is 3.08. The third kappa shape index (κ3) is 13.9. The van der Waals surface area contributed by atoms with Gasteiger partial charge in [-0.15, -0.1) is 0 Å². The Morgan fingerprint density at radius 3 is 2.11 bits per heavy atom. The van der Waals surface area contributed by atoms with Crippen LogP contribution < -0.4 is 20.5 Å². The molecule has 3 rings (SSSR count). The van der Waals surface area contributed by atoms with Crippen LogP contribution in [0.3, 0.4) is 0 Å². The summed E-state index contributed by atoms with van der Waals surface area (Å²) in [5, 5.41) is 33.0. The number of benzene rings is 2. The fourth-order valence-electron chi connectivity index (χ4n) is 3.08. The zero-order chi connectivity index (χ0) is 34.2. The summed E-state index contributed by atoms with van der Waals surface area (Å²) in [6, 6.07) is 12.6. The van der Waals surface area contributed by atoms with Crippen molar-refractivity contribution in [2.24, 2.45) is 5.73 Å². The molecule has 7 N–H and O–H groups in total. The van der Waals surface area contributed by atoms with Crippen LogP contribution in [0.25, 0.3) is 11.1 Å². The van der Waals surface area contributed by atoms with Crippen LogP contribution in [-0.2, 0) is 16.1 Å². The topological polar surface area (TPSA) is 200 Å². The number of aliphatic hydroxyl groups is 1. The van der Waals surface area contributed by atoms with Crippen LogP contribution in [0.1, 0.15) is 5.56 Å². The van der Waals surface area contributed by atoms with E-state index >= 15 is 0 Å². The third-order valence-corrected chi connectivity index (χ3v) is 5.08. The Bertz CT molecular complexity index is 1350. The maximum atomic E-state index is 13.0. The first-order valence-electron chi connectivity index (χ1n) is 12.4. The van der Waals surface area contributed by atoms with Crippen LogP contribution in [0.2, 0.25) is 0 Å². The van der Waals surface area contributed by atoms with Gasteiger partial charge in [0, 0.05) is 31.4 Å². The summed E-state index contributed by atoms with van der Waals surface area (Å²) >= 11 is 0. The van der Waals surface area contributed by atoms with Gasteiger partial charge in [0.2, 0.25) is 0 Å². The number of halogens is 6. The average molecular weight is 654 g/mol. The van der Waals surface area contributed by atoms with Gasteiger partial charge in [-0.3, -0.25) is 5.10 Å². The number of carboxylic acids is 2. The lowest BCUT2D eigenvalue weighted by molar-refractivity contribution is -0.193. The number of methoxy groups -OCH3 is 1. The predicted octanol–water partition coefficient (Wildman–Crippen LogP) is 3.72. The lowest BCUT2D eigenvalue weighted by Crippen LogP contribution is -2.38. The van der Waals surface area contributed by atoms with Crippen LogP contribution in [0.5, 0.6) is 11.5 Å². The third-order valence-electron chi connectivity index (χ3n) is 5.08. The van der Waals surface area contributed by atoms with Gasteiger partial charge in [0.25, 0.3) is 0 Å². The van der Waals surface area contributed by atoms with Crippen molar-refractivity contribution in [2.75, 3.05) is 38.7 Å². The molecule has 2 aromatic carbocycles. The van der Waals surface area contributed by atoms with Gasteiger partial charge in [-0.05, 0) is 35.4 Å². The minimum absolute atomic E-state index is 0.105. The van der Waals surface area contributed by atoms with E-state index in [1.54, 1.807) is 36.5 Å². The van der Waals surface area contributed by atoms with E-state index in [2.05, 4.69) is 15.5 Å².